The summed E-state index contributed by atoms with van der Waals surface area (Å²) in [5.41, 5.74) is 0.812. The maximum Gasteiger partial charge on any atom is 0.332 e. The van der Waals surface area contributed by atoms with Crippen LogP contribution < -0.4 is 14.8 Å². The van der Waals surface area contributed by atoms with Crippen molar-refractivity contribution in [2.24, 2.45) is 0 Å². The number of hydrogen-bond acceptors (Lipinski definition) is 6. The summed E-state index contributed by atoms with van der Waals surface area (Å²) in [6.07, 6.45) is 0. The summed E-state index contributed by atoms with van der Waals surface area (Å²) in [5.74, 6) is 1.10. The molecule has 6 heteroatoms. The lowest BCUT2D eigenvalue weighted by Crippen LogP contribution is -2.16. The predicted molar refractivity (Wildman–Crippen MR) is 75.5 cm³/mol. The Labute approximate surface area is 119 Å². The van der Waals surface area contributed by atoms with E-state index in [1.165, 1.54) is 0 Å². The molecular formula is C14H21NO5. The van der Waals surface area contributed by atoms with E-state index in [0.717, 1.165) is 17.2 Å². The van der Waals surface area contributed by atoms with E-state index in [-0.39, 0.29) is 12.6 Å². The van der Waals surface area contributed by atoms with Crippen molar-refractivity contribution in [1.82, 2.24) is 0 Å². The molecule has 0 spiro atoms. The van der Waals surface area contributed by atoms with Crippen molar-refractivity contribution >= 4 is 11.7 Å². The van der Waals surface area contributed by atoms with Gasteiger partial charge >= 0.3 is 5.97 Å². The zero-order chi connectivity index (χ0) is 14.8. The highest BCUT2D eigenvalue weighted by Crippen LogP contribution is 2.28. The minimum Gasteiger partial charge on any atom is -0.497 e. The Balaban J connectivity index is 2.35. The number of anilines is 1. The van der Waals surface area contributed by atoms with E-state index in [9.17, 15) is 4.79 Å². The number of carbonyl (C=O) groups is 1. The maximum absolute atomic E-state index is 11.1. The molecule has 0 aliphatic heterocycles. The summed E-state index contributed by atoms with van der Waals surface area (Å²) < 4.78 is 20.3. The minimum atomic E-state index is -0.355. The summed E-state index contributed by atoms with van der Waals surface area (Å²) >= 11 is 0. The number of methoxy groups -OCH3 is 2. The molecule has 0 aliphatic rings. The second-order valence-electron chi connectivity index (χ2n) is 3.85. The van der Waals surface area contributed by atoms with E-state index in [1.807, 2.05) is 18.2 Å². The Morgan fingerprint density at radius 1 is 1.25 bits per heavy atom. The van der Waals surface area contributed by atoms with Crippen molar-refractivity contribution in [3.8, 4) is 11.5 Å². The Kier molecular flexibility index (Phi) is 7.27. The third-order valence-electron chi connectivity index (χ3n) is 2.49. The van der Waals surface area contributed by atoms with Crippen LogP contribution in [0.15, 0.2) is 18.2 Å². The first-order chi connectivity index (χ1) is 9.71. The summed E-state index contributed by atoms with van der Waals surface area (Å²) in [6, 6.07) is 5.48. The molecule has 0 bridgehead atoms. The first-order valence-corrected chi connectivity index (χ1v) is 6.40. The standard InChI is InChI=1S/C14H21NO5/c1-4-20-14(16)10-19-8-7-15-12-9-11(17-2)5-6-13(12)18-3/h5-6,9,15H,4,7-8,10H2,1-3H3. The number of esters is 1. The molecule has 1 aromatic carbocycles. The molecule has 0 unspecified atom stereocenters. The first-order valence-electron chi connectivity index (χ1n) is 6.40. The van der Waals surface area contributed by atoms with Crippen molar-refractivity contribution in [3.05, 3.63) is 18.2 Å². The monoisotopic (exact) mass is 283 g/mol. The number of hydrogen-bond donors (Lipinski definition) is 1. The van der Waals surface area contributed by atoms with Gasteiger partial charge in [-0.05, 0) is 19.1 Å². The minimum absolute atomic E-state index is 0.0369. The molecule has 0 saturated carbocycles. The third-order valence-corrected chi connectivity index (χ3v) is 2.49. The summed E-state index contributed by atoms with van der Waals surface area (Å²) in [4.78, 5) is 11.1. The molecule has 1 aromatic rings. The van der Waals surface area contributed by atoms with Gasteiger partial charge in [-0.1, -0.05) is 0 Å². The molecule has 6 nitrogen and oxygen atoms in total. The average Bonchev–Trinajstić information content (AvgIpc) is 2.47. The number of benzene rings is 1. The zero-order valence-electron chi connectivity index (χ0n) is 12.1. The number of nitrogens with one attached hydrogen (secondary N) is 1. The lowest BCUT2D eigenvalue weighted by molar-refractivity contribution is -0.148. The normalized spacial score (nSPS) is 9.95. The highest BCUT2D eigenvalue weighted by Gasteiger charge is 2.05. The molecule has 1 rings (SSSR count). The van der Waals surface area contributed by atoms with Crippen LogP contribution in [0.2, 0.25) is 0 Å². The molecule has 0 atom stereocenters. The molecule has 0 fully saturated rings. The Morgan fingerprint density at radius 2 is 2.05 bits per heavy atom. The summed E-state index contributed by atoms with van der Waals surface area (Å²) in [6.45, 7) is 3.02. The summed E-state index contributed by atoms with van der Waals surface area (Å²) in [7, 11) is 3.21. The number of rotatable bonds is 9. The van der Waals surface area contributed by atoms with Crippen LogP contribution in [0, 0.1) is 0 Å². The van der Waals surface area contributed by atoms with Crippen LogP contribution in [-0.4, -0.2) is 46.6 Å². The largest absolute Gasteiger partial charge is 0.497 e. The predicted octanol–water partition coefficient (Wildman–Crippen LogP) is 1.70. The fraction of sp³-hybridized carbons (Fsp3) is 0.500. The van der Waals surface area contributed by atoms with Crippen molar-refractivity contribution in [2.75, 3.05) is 45.9 Å². The number of ether oxygens (including phenoxy) is 4. The van der Waals surface area contributed by atoms with Crippen molar-refractivity contribution in [2.45, 2.75) is 6.92 Å². The smallest absolute Gasteiger partial charge is 0.332 e. The lowest BCUT2D eigenvalue weighted by atomic mass is 10.2. The summed E-state index contributed by atoms with van der Waals surface area (Å²) in [5, 5.41) is 3.16. The van der Waals surface area contributed by atoms with Gasteiger partial charge in [0.1, 0.15) is 18.1 Å². The van der Waals surface area contributed by atoms with Gasteiger partial charge in [-0.25, -0.2) is 4.79 Å². The van der Waals surface area contributed by atoms with Crippen LogP contribution in [0.3, 0.4) is 0 Å². The van der Waals surface area contributed by atoms with Crippen LogP contribution in [0.1, 0.15) is 6.92 Å². The highest BCUT2D eigenvalue weighted by atomic mass is 16.6. The topological polar surface area (TPSA) is 66.0 Å². The van der Waals surface area contributed by atoms with Crippen LogP contribution in [0.5, 0.6) is 11.5 Å². The highest BCUT2D eigenvalue weighted by molar-refractivity contribution is 5.70. The molecule has 0 radical (unpaired) electrons. The second-order valence-corrected chi connectivity index (χ2v) is 3.85. The maximum atomic E-state index is 11.1. The first kappa shape index (κ1) is 16.1. The van der Waals surface area contributed by atoms with E-state index in [0.29, 0.717) is 19.8 Å². The van der Waals surface area contributed by atoms with Gasteiger partial charge in [-0.2, -0.15) is 0 Å². The van der Waals surface area contributed by atoms with E-state index in [1.54, 1.807) is 21.1 Å². The molecular weight excluding hydrogens is 262 g/mol. The van der Waals surface area contributed by atoms with Crippen molar-refractivity contribution in [3.63, 3.8) is 0 Å². The van der Waals surface area contributed by atoms with Crippen LogP contribution in [0.4, 0.5) is 5.69 Å². The Morgan fingerprint density at radius 3 is 2.70 bits per heavy atom. The van der Waals surface area contributed by atoms with Gasteiger partial charge in [0.15, 0.2) is 0 Å². The fourth-order valence-electron chi connectivity index (χ4n) is 1.57. The van der Waals surface area contributed by atoms with E-state index < -0.39 is 0 Å². The van der Waals surface area contributed by atoms with E-state index in [2.05, 4.69) is 5.32 Å². The van der Waals surface area contributed by atoms with Crippen LogP contribution >= 0.6 is 0 Å². The molecule has 112 valence electrons. The van der Waals surface area contributed by atoms with E-state index >= 15 is 0 Å². The Bertz CT molecular complexity index is 422. The van der Waals surface area contributed by atoms with Crippen LogP contribution in [-0.2, 0) is 14.3 Å². The van der Waals surface area contributed by atoms with Gasteiger partial charge in [0, 0.05) is 12.6 Å². The molecule has 0 saturated heterocycles. The lowest BCUT2D eigenvalue weighted by Gasteiger charge is -2.12. The van der Waals surface area contributed by atoms with Gasteiger partial charge in [0.05, 0.1) is 33.1 Å². The SMILES string of the molecule is CCOC(=O)COCCNc1cc(OC)ccc1OC. The van der Waals surface area contributed by atoms with Gasteiger partial charge < -0.3 is 24.3 Å². The van der Waals surface area contributed by atoms with E-state index in [4.69, 9.17) is 18.9 Å². The molecule has 0 aliphatic carbocycles. The number of carbonyl (C=O) groups excluding carboxylic acids is 1. The van der Waals surface area contributed by atoms with Gasteiger partial charge in [0.25, 0.3) is 0 Å². The molecule has 0 aromatic heterocycles. The molecule has 1 N–H and O–H groups in total. The van der Waals surface area contributed by atoms with Crippen molar-refractivity contribution in [1.29, 1.82) is 0 Å². The van der Waals surface area contributed by atoms with Gasteiger partial charge in [-0.3, -0.25) is 0 Å². The van der Waals surface area contributed by atoms with Gasteiger partial charge in [0.2, 0.25) is 0 Å². The average molecular weight is 283 g/mol. The zero-order valence-corrected chi connectivity index (χ0v) is 12.1. The molecule has 0 amide bonds. The second kappa shape index (κ2) is 9.03. The molecule has 0 heterocycles. The fourth-order valence-corrected chi connectivity index (χ4v) is 1.57. The Hall–Kier alpha value is -1.95. The van der Waals surface area contributed by atoms with Crippen LogP contribution in [0.25, 0.3) is 0 Å². The van der Waals surface area contributed by atoms with Gasteiger partial charge in [-0.15, -0.1) is 0 Å². The quantitative estimate of drug-likeness (QED) is 0.549. The molecule has 20 heavy (non-hydrogen) atoms. The van der Waals surface area contributed by atoms with Crippen molar-refractivity contribution < 1.29 is 23.7 Å². The third kappa shape index (κ3) is 5.36.